The zero-order valence-electron chi connectivity index (χ0n) is 19.8. The zero-order chi connectivity index (χ0) is 24.7. The Morgan fingerprint density at radius 3 is 2.60 bits per heavy atom. The van der Waals surface area contributed by atoms with Gasteiger partial charge in [0.1, 0.15) is 17.6 Å². The fourth-order valence-corrected chi connectivity index (χ4v) is 5.41. The number of rotatable bonds is 4. The third kappa shape index (κ3) is 4.00. The summed E-state index contributed by atoms with van der Waals surface area (Å²) in [4.78, 5) is 31.6. The number of fused-ring (bicyclic) bond motifs is 2. The predicted octanol–water partition coefficient (Wildman–Crippen LogP) is 3.23. The topological polar surface area (TPSA) is 79.1 Å². The quantitative estimate of drug-likeness (QED) is 0.527. The number of methoxy groups -OCH3 is 2. The van der Waals surface area contributed by atoms with Crippen molar-refractivity contribution in [3.8, 4) is 11.5 Å². The summed E-state index contributed by atoms with van der Waals surface area (Å²) in [5, 5.41) is 0. The largest absolute Gasteiger partial charge is 0.497 e. The normalized spacial score (nSPS) is 19.2. The van der Waals surface area contributed by atoms with Crippen molar-refractivity contribution in [3.63, 3.8) is 0 Å². The van der Waals surface area contributed by atoms with Crippen LogP contribution in [0.15, 0.2) is 75.2 Å². The van der Waals surface area contributed by atoms with Gasteiger partial charge in [-0.15, -0.1) is 0 Å². The van der Waals surface area contributed by atoms with Gasteiger partial charge < -0.3 is 14.2 Å². The van der Waals surface area contributed by atoms with Crippen LogP contribution < -0.4 is 24.4 Å². The molecule has 0 amide bonds. The number of aromatic nitrogens is 1. The second-order valence-corrected chi connectivity index (χ2v) is 9.30. The number of carbonyl (C=O) groups excluding carboxylic acids is 1. The molecule has 8 heteroatoms. The van der Waals surface area contributed by atoms with Gasteiger partial charge >= 0.3 is 5.97 Å². The summed E-state index contributed by atoms with van der Waals surface area (Å²) >= 11 is 1.29. The lowest BCUT2D eigenvalue weighted by Crippen LogP contribution is -2.40. The van der Waals surface area contributed by atoms with Crippen molar-refractivity contribution >= 4 is 29.5 Å². The van der Waals surface area contributed by atoms with Gasteiger partial charge in [0.25, 0.3) is 5.56 Å². The van der Waals surface area contributed by atoms with Crippen molar-refractivity contribution in [2.45, 2.75) is 26.0 Å². The molecule has 0 fully saturated rings. The second-order valence-electron chi connectivity index (χ2n) is 8.29. The van der Waals surface area contributed by atoms with Crippen LogP contribution in [0.2, 0.25) is 0 Å². The fraction of sp³-hybridized carbons (Fsp3) is 0.222. The van der Waals surface area contributed by atoms with Gasteiger partial charge in [-0.05, 0) is 55.3 Å². The van der Waals surface area contributed by atoms with E-state index in [9.17, 15) is 9.59 Å². The number of benzene rings is 2. The first-order valence-electron chi connectivity index (χ1n) is 11.1. The van der Waals surface area contributed by atoms with Crippen molar-refractivity contribution in [2.24, 2.45) is 4.99 Å². The highest BCUT2D eigenvalue weighted by Crippen LogP contribution is 2.32. The van der Waals surface area contributed by atoms with E-state index in [0.29, 0.717) is 26.4 Å². The summed E-state index contributed by atoms with van der Waals surface area (Å²) in [5.74, 6) is 0.978. The molecular weight excluding hydrogens is 464 g/mol. The Balaban J connectivity index is 1.69. The van der Waals surface area contributed by atoms with E-state index < -0.39 is 12.0 Å². The number of hydrogen-bond acceptors (Lipinski definition) is 7. The number of esters is 1. The maximum Gasteiger partial charge on any atom is 0.338 e. The van der Waals surface area contributed by atoms with Crippen molar-refractivity contribution in [2.75, 3.05) is 14.2 Å². The Morgan fingerprint density at radius 1 is 1.14 bits per heavy atom. The molecular formula is C27H24N2O5S. The Morgan fingerprint density at radius 2 is 1.89 bits per heavy atom. The van der Waals surface area contributed by atoms with Crippen LogP contribution in [-0.4, -0.2) is 30.9 Å². The maximum atomic E-state index is 13.7. The van der Waals surface area contributed by atoms with Gasteiger partial charge in [-0.2, -0.15) is 0 Å². The molecule has 35 heavy (non-hydrogen) atoms. The molecule has 3 heterocycles. The lowest BCUT2D eigenvalue weighted by molar-refractivity contribution is -0.136. The van der Waals surface area contributed by atoms with E-state index in [4.69, 9.17) is 14.2 Å². The molecule has 0 N–H and O–H groups in total. The van der Waals surface area contributed by atoms with Crippen LogP contribution in [0, 0.1) is 0 Å². The van der Waals surface area contributed by atoms with Crippen LogP contribution in [0.1, 0.15) is 31.0 Å². The van der Waals surface area contributed by atoms with Crippen molar-refractivity contribution in [1.82, 2.24) is 4.57 Å². The van der Waals surface area contributed by atoms with Crippen LogP contribution in [0.5, 0.6) is 11.5 Å². The van der Waals surface area contributed by atoms with Crippen molar-refractivity contribution in [1.29, 1.82) is 0 Å². The molecule has 2 aliphatic rings. The van der Waals surface area contributed by atoms with Gasteiger partial charge in [0.05, 0.1) is 36.1 Å². The van der Waals surface area contributed by atoms with Gasteiger partial charge in [-0.25, -0.2) is 9.79 Å². The van der Waals surface area contributed by atoms with Crippen LogP contribution in [0.4, 0.5) is 0 Å². The highest BCUT2D eigenvalue weighted by atomic mass is 32.1. The number of allylic oxidation sites excluding steroid dienone is 1. The molecule has 1 aromatic heterocycles. The average Bonchev–Trinajstić information content (AvgIpc) is 3.17. The predicted molar refractivity (Wildman–Crippen MR) is 134 cm³/mol. The standard InChI is InChI=1S/C27H24N2O5S/c1-15-23(26(31)33-4)24(17-9-11-20(32-3)12-10-17)29-25(30)22(35-27(29)28-15)14-19-13-18-7-5-6-8-21(18)34-16(19)2/h5-14,16,24H,1-4H3. The smallest absolute Gasteiger partial charge is 0.338 e. The average molecular weight is 489 g/mol. The van der Waals surface area contributed by atoms with E-state index in [2.05, 4.69) is 4.99 Å². The lowest BCUT2D eigenvalue weighted by atomic mass is 9.96. The number of para-hydroxylation sites is 1. The number of carbonyl (C=O) groups is 1. The Bertz CT molecular complexity index is 1560. The first-order valence-corrected chi connectivity index (χ1v) is 11.9. The summed E-state index contributed by atoms with van der Waals surface area (Å²) < 4.78 is 18.5. The number of nitrogens with zero attached hydrogens (tertiary/aromatic N) is 2. The number of hydrogen-bond donors (Lipinski definition) is 0. The summed E-state index contributed by atoms with van der Waals surface area (Å²) in [6.45, 7) is 3.71. The molecule has 0 aliphatic carbocycles. The van der Waals surface area contributed by atoms with E-state index in [0.717, 1.165) is 22.4 Å². The Kier molecular flexibility index (Phi) is 5.90. The van der Waals surface area contributed by atoms with Crippen LogP contribution in [0.3, 0.4) is 0 Å². The molecule has 0 bridgehead atoms. The Hall–Kier alpha value is -3.91. The summed E-state index contributed by atoms with van der Waals surface area (Å²) in [5.41, 5.74) is 3.24. The van der Waals surface area contributed by atoms with Crippen molar-refractivity contribution < 1.29 is 19.0 Å². The lowest BCUT2D eigenvalue weighted by Gasteiger charge is -2.24. The summed E-state index contributed by atoms with van der Waals surface area (Å²) in [6.07, 6.45) is 3.67. The summed E-state index contributed by atoms with van der Waals surface area (Å²) in [6, 6.07) is 14.4. The molecule has 2 atom stereocenters. The molecule has 2 aromatic carbocycles. The minimum Gasteiger partial charge on any atom is -0.497 e. The first kappa shape index (κ1) is 22.9. The van der Waals surface area contributed by atoms with E-state index >= 15 is 0 Å². The first-order chi connectivity index (χ1) is 16.9. The molecule has 0 spiro atoms. The van der Waals surface area contributed by atoms with Crippen LogP contribution in [0.25, 0.3) is 12.2 Å². The Labute approximate surface area is 205 Å². The second kappa shape index (κ2) is 9.03. The van der Waals surface area contributed by atoms with Gasteiger partial charge in [0, 0.05) is 5.56 Å². The van der Waals surface area contributed by atoms with Gasteiger partial charge in [0.2, 0.25) is 0 Å². The molecule has 2 unspecified atom stereocenters. The molecule has 7 nitrogen and oxygen atoms in total. The van der Waals surface area contributed by atoms with Crippen LogP contribution >= 0.6 is 11.3 Å². The third-order valence-corrected chi connectivity index (χ3v) is 7.15. The van der Waals surface area contributed by atoms with Crippen molar-refractivity contribution in [3.05, 3.63) is 96.2 Å². The molecule has 0 saturated heterocycles. The summed E-state index contributed by atoms with van der Waals surface area (Å²) in [7, 11) is 2.92. The molecule has 5 rings (SSSR count). The molecule has 178 valence electrons. The van der Waals surface area contributed by atoms with E-state index in [1.165, 1.54) is 18.4 Å². The number of ether oxygens (including phenoxy) is 3. The number of thiazole rings is 1. The maximum absolute atomic E-state index is 13.7. The van der Waals surface area contributed by atoms with E-state index in [-0.39, 0.29) is 11.7 Å². The minimum absolute atomic E-state index is 0.215. The molecule has 2 aliphatic heterocycles. The van der Waals surface area contributed by atoms with Gasteiger partial charge in [-0.3, -0.25) is 9.36 Å². The van der Waals surface area contributed by atoms with E-state index in [1.807, 2.05) is 55.5 Å². The fourth-order valence-electron chi connectivity index (χ4n) is 4.37. The van der Waals surface area contributed by atoms with Crippen LogP contribution in [-0.2, 0) is 9.53 Å². The zero-order valence-corrected chi connectivity index (χ0v) is 20.6. The van der Waals surface area contributed by atoms with Gasteiger partial charge in [0.15, 0.2) is 4.80 Å². The molecule has 3 aromatic rings. The minimum atomic E-state index is -0.665. The van der Waals surface area contributed by atoms with Gasteiger partial charge in [-0.1, -0.05) is 41.7 Å². The molecule has 0 radical (unpaired) electrons. The highest BCUT2D eigenvalue weighted by molar-refractivity contribution is 7.07. The highest BCUT2D eigenvalue weighted by Gasteiger charge is 2.33. The molecule has 0 saturated carbocycles. The monoisotopic (exact) mass is 488 g/mol. The third-order valence-electron chi connectivity index (χ3n) is 6.17. The van der Waals surface area contributed by atoms with E-state index in [1.54, 1.807) is 30.7 Å². The SMILES string of the molecule is COC(=O)C1=C(C)N=c2sc(=CC3=Cc4ccccc4OC3C)c(=O)n2C1c1ccc(OC)cc1.